The van der Waals surface area contributed by atoms with Crippen LogP contribution in [-0.2, 0) is 13.1 Å². The second-order valence-corrected chi connectivity index (χ2v) is 5.53. The third kappa shape index (κ3) is 3.41. The van der Waals surface area contributed by atoms with E-state index in [-0.39, 0.29) is 12.4 Å². The molecule has 6 heteroatoms. The quantitative estimate of drug-likeness (QED) is 0.778. The summed E-state index contributed by atoms with van der Waals surface area (Å²) in [7, 11) is 1.85. The van der Waals surface area contributed by atoms with Gasteiger partial charge in [-0.3, -0.25) is 0 Å². The number of nitrogens with zero attached hydrogens (tertiary/aromatic N) is 3. The van der Waals surface area contributed by atoms with E-state index in [9.17, 15) is 4.39 Å². The van der Waals surface area contributed by atoms with E-state index in [0.29, 0.717) is 17.1 Å². The van der Waals surface area contributed by atoms with Crippen molar-refractivity contribution in [2.75, 3.05) is 7.05 Å². The molecule has 0 fully saturated rings. The zero-order chi connectivity index (χ0) is 16.2. The second-order valence-electron chi connectivity index (χ2n) is 5.12. The van der Waals surface area contributed by atoms with Gasteiger partial charge in [0.05, 0.1) is 6.54 Å². The number of benzene rings is 2. The fourth-order valence-corrected chi connectivity index (χ4v) is 2.61. The summed E-state index contributed by atoms with van der Waals surface area (Å²) in [4.78, 5) is 1.49. The van der Waals surface area contributed by atoms with Crippen LogP contribution in [0, 0.1) is 5.82 Å². The molecule has 23 heavy (non-hydrogen) atoms. The summed E-state index contributed by atoms with van der Waals surface area (Å²) >= 11 is 6.08. The predicted octanol–water partition coefficient (Wildman–Crippen LogP) is 3.51. The Balaban J connectivity index is 1.98. The first-order valence-electron chi connectivity index (χ1n) is 7.26. The monoisotopic (exact) mass is 330 g/mol. The van der Waals surface area contributed by atoms with Gasteiger partial charge < -0.3 is 5.32 Å². The number of nitrogens with one attached hydrogen (secondary N) is 1. The lowest BCUT2D eigenvalue weighted by Crippen LogP contribution is -2.09. The van der Waals surface area contributed by atoms with Crippen LogP contribution in [0.2, 0.25) is 5.02 Å². The van der Waals surface area contributed by atoms with Gasteiger partial charge in [0.1, 0.15) is 17.2 Å². The van der Waals surface area contributed by atoms with Gasteiger partial charge >= 0.3 is 0 Å². The molecule has 0 saturated carbocycles. The summed E-state index contributed by atoms with van der Waals surface area (Å²) in [5, 5.41) is 12.4. The third-order valence-corrected chi connectivity index (χ3v) is 3.83. The molecule has 0 saturated heterocycles. The van der Waals surface area contributed by atoms with Gasteiger partial charge in [0.2, 0.25) is 0 Å². The largest absolute Gasteiger partial charge is 0.314 e. The molecule has 1 aromatic heterocycles. The summed E-state index contributed by atoms with van der Waals surface area (Å²) in [5.41, 5.74) is 2.96. The highest BCUT2D eigenvalue weighted by Crippen LogP contribution is 2.23. The summed E-state index contributed by atoms with van der Waals surface area (Å²) in [6.45, 7) is 0.768. The maximum atomic E-state index is 13.9. The highest BCUT2D eigenvalue weighted by Gasteiger charge is 2.15. The first-order chi connectivity index (χ1) is 11.2. The minimum atomic E-state index is -0.355. The highest BCUT2D eigenvalue weighted by atomic mass is 35.5. The van der Waals surface area contributed by atoms with Gasteiger partial charge in [-0.2, -0.15) is 15.0 Å². The van der Waals surface area contributed by atoms with E-state index in [4.69, 9.17) is 11.6 Å². The molecule has 4 nitrogen and oxygen atoms in total. The van der Waals surface area contributed by atoms with Crippen molar-refractivity contribution in [1.29, 1.82) is 0 Å². The Labute approximate surface area is 138 Å². The van der Waals surface area contributed by atoms with Gasteiger partial charge in [0, 0.05) is 22.7 Å². The SMILES string of the molecule is CNCc1nn(Cc2c(F)cccc2Cl)nc1-c1ccccc1. The van der Waals surface area contributed by atoms with Gasteiger partial charge in [-0.15, -0.1) is 0 Å². The molecule has 1 heterocycles. The fourth-order valence-electron chi connectivity index (χ4n) is 2.38. The molecular formula is C17H16ClFN4. The Morgan fingerprint density at radius 2 is 1.87 bits per heavy atom. The van der Waals surface area contributed by atoms with E-state index in [1.54, 1.807) is 12.1 Å². The summed E-state index contributed by atoms with van der Waals surface area (Å²) in [6, 6.07) is 14.4. The van der Waals surface area contributed by atoms with Crippen molar-refractivity contribution in [2.24, 2.45) is 0 Å². The number of halogens is 2. The second kappa shape index (κ2) is 6.89. The van der Waals surface area contributed by atoms with Gasteiger partial charge in [0.15, 0.2) is 0 Å². The van der Waals surface area contributed by atoms with Crippen molar-refractivity contribution < 1.29 is 4.39 Å². The molecule has 2 aromatic carbocycles. The lowest BCUT2D eigenvalue weighted by molar-refractivity contribution is 0.545. The van der Waals surface area contributed by atoms with Crippen LogP contribution >= 0.6 is 11.6 Å². The average molecular weight is 331 g/mol. The van der Waals surface area contributed by atoms with Crippen molar-refractivity contribution in [2.45, 2.75) is 13.1 Å². The predicted molar refractivity (Wildman–Crippen MR) is 88.7 cm³/mol. The first kappa shape index (κ1) is 15.6. The van der Waals surface area contributed by atoms with Crippen LogP contribution in [0.3, 0.4) is 0 Å². The van der Waals surface area contributed by atoms with Crippen LogP contribution in [0.1, 0.15) is 11.3 Å². The molecule has 0 aliphatic heterocycles. The van der Waals surface area contributed by atoms with Gasteiger partial charge in [-0.1, -0.05) is 48.0 Å². The molecule has 0 unspecified atom stereocenters. The minimum Gasteiger partial charge on any atom is -0.314 e. The fraction of sp³-hybridized carbons (Fsp3) is 0.176. The van der Waals surface area contributed by atoms with Crippen LogP contribution in [0.5, 0.6) is 0 Å². The minimum absolute atomic E-state index is 0.190. The van der Waals surface area contributed by atoms with Gasteiger partial charge in [-0.05, 0) is 19.2 Å². The third-order valence-electron chi connectivity index (χ3n) is 3.48. The summed E-state index contributed by atoms with van der Waals surface area (Å²) < 4.78 is 13.9. The standard InChI is InChI=1S/C17H16ClFN4/c1-20-10-16-17(12-6-3-2-4-7-12)22-23(21-16)11-13-14(18)8-5-9-15(13)19/h2-9,20H,10-11H2,1H3. The molecule has 118 valence electrons. The van der Waals surface area contributed by atoms with Crippen molar-refractivity contribution in [3.05, 3.63) is 70.6 Å². The van der Waals surface area contributed by atoms with Crippen LogP contribution in [0.4, 0.5) is 4.39 Å². The number of rotatable bonds is 5. The number of aromatic nitrogens is 3. The zero-order valence-corrected chi connectivity index (χ0v) is 13.4. The Bertz CT molecular complexity index is 781. The molecule has 0 amide bonds. The summed E-state index contributed by atoms with van der Waals surface area (Å²) in [5.74, 6) is -0.355. The van der Waals surface area contributed by atoms with Crippen molar-refractivity contribution in [3.63, 3.8) is 0 Å². The van der Waals surface area contributed by atoms with Crippen LogP contribution in [0.15, 0.2) is 48.5 Å². The van der Waals surface area contributed by atoms with Gasteiger partial charge in [-0.25, -0.2) is 4.39 Å². The molecule has 0 spiro atoms. The van der Waals surface area contributed by atoms with E-state index < -0.39 is 0 Å². The van der Waals surface area contributed by atoms with Crippen LogP contribution in [-0.4, -0.2) is 22.0 Å². The number of hydrogen-bond donors (Lipinski definition) is 1. The molecule has 0 aliphatic carbocycles. The lowest BCUT2D eigenvalue weighted by atomic mass is 10.1. The lowest BCUT2D eigenvalue weighted by Gasteiger charge is -2.04. The molecule has 3 aromatic rings. The Morgan fingerprint density at radius 3 is 2.57 bits per heavy atom. The van der Waals surface area contributed by atoms with E-state index >= 15 is 0 Å². The smallest absolute Gasteiger partial charge is 0.129 e. The summed E-state index contributed by atoms with van der Waals surface area (Å²) in [6.07, 6.45) is 0. The topological polar surface area (TPSA) is 42.7 Å². The first-order valence-corrected chi connectivity index (χ1v) is 7.63. The van der Waals surface area contributed by atoms with E-state index in [0.717, 1.165) is 17.0 Å². The molecule has 0 radical (unpaired) electrons. The normalized spacial score (nSPS) is 10.9. The molecular weight excluding hydrogens is 315 g/mol. The molecule has 1 N–H and O–H groups in total. The molecule has 3 rings (SSSR count). The van der Waals surface area contributed by atoms with Crippen molar-refractivity contribution >= 4 is 11.6 Å². The van der Waals surface area contributed by atoms with E-state index in [2.05, 4.69) is 15.5 Å². The van der Waals surface area contributed by atoms with E-state index in [1.165, 1.54) is 10.9 Å². The average Bonchev–Trinajstić information content (AvgIpc) is 2.95. The maximum Gasteiger partial charge on any atom is 0.129 e. The molecule has 0 atom stereocenters. The van der Waals surface area contributed by atoms with E-state index in [1.807, 2.05) is 37.4 Å². The molecule has 0 aliphatic rings. The molecule has 0 bridgehead atoms. The van der Waals surface area contributed by atoms with Crippen molar-refractivity contribution in [3.8, 4) is 11.3 Å². The Morgan fingerprint density at radius 1 is 1.09 bits per heavy atom. The Hall–Kier alpha value is -2.24. The number of hydrogen-bond acceptors (Lipinski definition) is 3. The van der Waals surface area contributed by atoms with Crippen LogP contribution < -0.4 is 5.32 Å². The Kier molecular flexibility index (Phi) is 4.69. The highest BCUT2D eigenvalue weighted by molar-refractivity contribution is 6.31. The van der Waals surface area contributed by atoms with Crippen LogP contribution in [0.25, 0.3) is 11.3 Å². The van der Waals surface area contributed by atoms with Gasteiger partial charge in [0.25, 0.3) is 0 Å². The maximum absolute atomic E-state index is 13.9. The zero-order valence-electron chi connectivity index (χ0n) is 12.6. The van der Waals surface area contributed by atoms with Crippen molar-refractivity contribution in [1.82, 2.24) is 20.3 Å².